The van der Waals surface area contributed by atoms with Crippen LogP contribution in [0.3, 0.4) is 0 Å². The van der Waals surface area contributed by atoms with Crippen LogP contribution in [0.15, 0.2) is 23.6 Å². The molecule has 0 unspecified atom stereocenters. The molecule has 0 aliphatic carbocycles. The zero-order valence-corrected chi connectivity index (χ0v) is 9.82. The van der Waals surface area contributed by atoms with Gasteiger partial charge < -0.3 is 5.32 Å². The van der Waals surface area contributed by atoms with E-state index in [-0.39, 0.29) is 5.28 Å². The second-order valence-electron chi connectivity index (χ2n) is 3.29. The number of halogens is 1. The molecule has 0 aromatic carbocycles. The van der Waals surface area contributed by atoms with Crippen molar-refractivity contribution in [3.8, 4) is 0 Å². The number of hydrogen-bond acceptors (Lipinski definition) is 4. The van der Waals surface area contributed by atoms with Crippen molar-refractivity contribution < 1.29 is 0 Å². The van der Waals surface area contributed by atoms with Gasteiger partial charge in [0.15, 0.2) is 0 Å². The van der Waals surface area contributed by atoms with Gasteiger partial charge in [-0.1, -0.05) is 12.2 Å². The maximum absolute atomic E-state index is 5.82. The van der Waals surface area contributed by atoms with Crippen molar-refractivity contribution in [3.63, 3.8) is 0 Å². The lowest BCUT2D eigenvalue weighted by Gasteiger charge is -2.06. The van der Waals surface area contributed by atoms with Crippen molar-refractivity contribution >= 4 is 39.0 Å². The number of rotatable bonds is 3. The number of hydrogen-bond donors (Lipinski definition) is 1. The van der Waals surface area contributed by atoms with Crippen LogP contribution in [0.4, 0.5) is 5.82 Å². The quantitative estimate of drug-likeness (QED) is 0.660. The fourth-order valence-electron chi connectivity index (χ4n) is 1.20. The van der Waals surface area contributed by atoms with Crippen LogP contribution in [0.2, 0.25) is 5.28 Å². The first kappa shape index (κ1) is 10.4. The van der Waals surface area contributed by atoms with Gasteiger partial charge in [-0.3, -0.25) is 0 Å². The van der Waals surface area contributed by atoms with Crippen LogP contribution < -0.4 is 5.32 Å². The molecule has 0 amide bonds. The second-order valence-corrected chi connectivity index (χ2v) is 4.52. The van der Waals surface area contributed by atoms with Crippen molar-refractivity contribution in [2.75, 3.05) is 11.9 Å². The minimum Gasteiger partial charge on any atom is -0.366 e. The van der Waals surface area contributed by atoms with Gasteiger partial charge in [-0.2, -0.15) is 0 Å². The van der Waals surface area contributed by atoms with E-state index in [0.29, 0.717) is 6.54 Å². The van der Waals surface area contributed by atoms with E-state index in [4.69, 9.17) is 11.6 Å². The second kappa shape index (κ2) is 4.16. The molecular formula is C10H10ClN3S. The molecule has 0 fully saturated rings. The van der Waals surface area contributed by atoms with Gasteiger partial charge in [0, 0.05) is 6.54 Å². The molecule has 2 heterocycles. The van der Waals surface area contributed by atoms with Crippen LogP contribution >= 0.6 is 22.9 Å². The van der Waals surface area contributed by atoms with Crippen molar-refractivity contribution in [3.05, 3.63) is 28.9 Å². The molecule has 3 nitrogen and oxygen atoms in total. The molecule has 2 aromatic heterocycles. The molecule has 0 aliphatic heterocycles. The smallest absolute Gasteiger partial charge is 0.225 e. The number of fused-ring (bicyclic) bond motifs is 1. The summed E-state index contributed by atoms with van der Waals surface area (Å²) < 4.78 is 0. The fourth-order valence-corrected chi connectivity index (χ4v) is 2.18. The minimum atomic E-state index is 0.272. The van der Waals surface area contributed by atoms with Crippen LogP contribution in [0.1, 0.15) is 6.92 Å². The van der Waals surface area contributed by atoms with Gasteiger partial charge in [-0.05, 0) is 30.0 Å². The maximum atomic E-state index is 5.82. The highest BCUT2D eigenvalue weighted by molar-refractivity contribution is 7.16. The number of nitrogens with zero attached hydrogens (tertiary/aromatic N) is 2. The van der Waals surface area contributed by atoms with Crippen molar-refractivity contribution in [2.24, 2.45) is 0 Å². The molecule has 2 aromatic rings. The van der Waals surface area contributed by atoms with E-state index in [9.17, 15) is 0 Å². The van der Waals surface area contributed by atoms with E-state index in [1.165, 1.54) is 0 Å². The van der Waals surface area contributed by atoms with Crippen LogP contribution in [0.25, 0.3) is 10.2 Å². The van der Waals surface area contributed by atoms with Gasteiger partial charge >= 0.3 is 0 Å². The summed E-state index contributed by atoms with van der Waals surface area (Å²) in [5.41, 5.74) is 1.05. The Morgan fingerprint density at radius 2 is 2.40 bits per heavy atom. The highest BCUT2D eigenvalue weighted by Crippen LogP contribution is 2.26. The predicted molar refractivity (Wildman–Crippen MR) is 65.7 cm³/mol. The lowest BCUT2D eigenvalue weighted by Crippen LogP contribution is -2.04. The van der Waals surface area contributed by atoms with Gasteiger partial charge in [-0.25, -0.2) is 9.97 Å². The first-order valence-electron chi connectivity index (χ1n) is 4.46. The van der Waals surface area contributed by atoms with Gasteiger partial charge in [0.1, 0.15) is 10.6 Å². The Labute approximate surface area is 96.8 Å². The van der Waals surface area contributed by atoms with Crippen LogP contribution in [0, 0.1) is 0 Å². The molecule has 5 heteroatoms. The molecule has 0 atom stereocenters. The molecule has 15 heavy (non-hydrogen) atoms. The summed E-state index contributed by atoms with van der Waals surface area (Å²) in [6.45, 7) is 6.48. The Morgan fingerprint density at radius 1 is 1.60 bits per heavy atom. The molecule has 0 aliphatic rings. The molecule has 0 saturated carbocycles. The average Bonchev–Trinajstić information content (AvgIpc) is 2.61. The molecule has 1 N–H and O–H groups in total. The molecule has 78 valence electrons. The van der Waals surface area contributed by atoms with Gasteiger partial charge in [0.05, 0.1) is 5.39 Å². The van der Waals surface area contributed by atoms with Crippen molar-refractivity contribution in [2.45, 2.75) is 6.92 Å². The monoisotopic (exact) mass is 239 g/mol. The molecule has 2 rings (SSSR count). The summed E-state index contributed by atoms with van der Waals surface area (Å²) in [6.07, 6.45) is 0. The minimum absolute atomic E-state index is 0.272. The average molecular weight is 240 g/mol. The first-order valence-corrected chi connectivity index (χ1v) is 5.71. The third-order valence-corrected chi connectivity index (χ3v) is 2.83. The number of aromatic nitrogens is 2. The zero-order chi connectivity index (χ0) is 10.8. The fraction of sp³-hybridized carbons (Fsp3) is 0.200. The SMILES string of the molecule is C=C(C)CNc1nc(Cl)nc2sccc12. The molecule has 0 radical (unpaired) electrons. The largest absolute Gasteiger partial charge is 0.366 e. The summed E-state index contributed by atoms with van der Waals surface area (Å²) in [4.78, 5) is 9.19. The molecule has 0 saturated heterocycles. The topological polar surface area (TPSA) is 37.8 Å². The van der Waals surface area contributed by atoms with E-state index >= 15 is 0 Å². The van der Waals surface area contributed by atoms with E-state index in [2.05, 4.69) is 21.9 Å². The normalized spacial score (nSPS) is 10.5. The number of thiophene rings is 1. The summed E-state index contributed by atoms with van der Waals surface area (Å²) >= 11 is 7.37. The lowest BCUT2D eigenvalue weighted by molar-refractivity contribution is 1.15. The first-order chi connectivity index (χ1) is 7.16. The lowest BCUT2D eigenvalue weighted by atomic mass is 10.3. The highest BCUT2D eigenvalue weighted by Gasteiger charge is 2.06. The van der Waals surface area contributed by atoms with Crippen LogP contribution in [-0.4, -0.2) is 16.5 Å². The van der Waals surface area contributed by atoms with Crippen LogP contribution in [-0.2, 0) is 0 Å². The van der Waals surface area contributed by atoms with E-state index in [0.717, 1.165) is 21.6 Å². The standard InChI is InChI=1S/C10H10ClN3S/c1-6(2)5-12-8-7-3-4-15-9(7)14-10(11)13-8/h3-4H,1,5H2,2H3,(H,12,13,14). The Morgan fingerprint density at radius 3 is 3.13 bits per heavy atom. The molecular weight excluding hydrogens is 230 g/mol. The highest BCUT2D eigenvalue weighted by atomic mass is 35.5. The van der Waals surface area contributed by atoms with E-state index in [1.807, 2.05) is 18.4 Å². The van der Waals surface area contributed by atoms with Gasteiger partial charge in [0.2, 0.25) is 5.28 Å². The van der Waals surface area contributed by atoms with E-state index in [1.54, 1.807) is 11.3 Å². The summed E-state index contributed by atoms with van der Waals surface area (Å²) in [5, 5.41) is 6.44. The Bertz CT molecular complexity index is 506. The number of anilines is 1. The Kier molecular flexibility index (Phi) is 2.88. The van der Waals surface area contributed by atoms with Gasteiger partial charge in [-0.15, -0.1) is 11.3 Å². The van der Waals surface area contributed by atoms with Crippen molar-refractivity contribution in [1.29, 1.82) is 0 Å². The van der Waals surface area contributed by atoms with Crippen LogP contribution in [0.5, 0.6) is 0 Å². The van der Waals surface area contributed by atoms with E-state index < -0.39 is 0 Å². The molecule has 0 bridgehead atoms. The number of nitrogens with one attached hydrogen (secondary N) is 1. The summed E-state index contributed by atoms with van der Waals surface area (Å²) in [7, 11) is 0. The Hall–Kier alpha value is -1.13. The van der Waals surface area contributed by atoms with Crippen molar-refractivity contribution in [1.82, 2.24) is 9.97 Å². The predicted octanol–water partition coefficient (Wildman–Crippen LogP) is 3.33. The molecule has 0 spiro atoms. The van der Waals surface area contributed by atoms with Gasteiger partial charge in [0.25, 0.3) is 0 Å². The third-order valence-electron chi connectivity index (χ3n) is 1.86. The maximum Gasteiger partial charge on any atom is 0.225 e. The summed E-state index contributed by atoms with van der Waals surface area (Å²) in [6, 6.07) is 1.98. The zero-order valence-electron chi connectivity index (χ0n) is 8.25. The Balaban J connectivity index is 2.39. The summed E-state index contributed by atoms with van der Waals surface area (Å²) in [5.74, 6) is 0.772. The third kappa shape index (κ3) is 2.27.